The van der Waals surface area contributed by atoms with Crippen molar-refractivity contribution in [1.29, 1.82) is 0 Å². The van der Waals surface area contributed by atoms with Gasteiger partial charge in [0.25, 0.3) is 0 Å². The number of aliphatic hydroxyl groups excluding tert-OH is 1. The van der Waals surface area contributed by atoms with Crippen LogP contribution in [0.5, 0.6) is 0 Å². The number of hydrogen-bond acceptors (Lipinski definition) is 5. The highest BCUT2D eigenvalue weighted by Gasteiger charge is 2.70. The molecule has 0 spiro atoms. The van der Waals surface area contributed by atoms with Crippen LogP contribution < -0.4 is 5.32 Å². The minimum atomic E-state index is -1.90. The molecule has 0 radical (unpaired) electrons. The third-order valence-corrected chi connectivity index (χ3v) is 7.35. The summed E-state index contributed by atoms with van der Waals surface area (Å²) in [6, 6.07) is 5.01. The SMILES string of the molecule is Cc1ccc(C)c(C2NC(C(=O)O)(C(C)O)C3C(=O)N(C4CCCCC4)C(=O)C23)c1. The number of hydrogen-bond donors (Lipinski definition) is 3. The smallest absolute Gasteiger partial charge is 0.327 e. The molecule has 5 atom stereocenters. The molecule has 30 heavy (non-hydrogen) atoms. The van der Waals surface area contributed by atoms with Crippen LogP contribution in [0.1, 0.15) is 61.8 Å². The number of benzene rings is 1. The lowest BCUT2D eigenvalue weighted by Gasteiger charge is -2.36. The fraction of sp³-hybridized carbons (Fsp3) is 0.609. The van der Waals surface area contributed by atoms with Gasteiger partial charge in [0.2, 0.25) is 11.8 Å². The Balaban J connectivity index is 1.85. The first-order valence-electron chi connectivity index (χ1n) is 10.8. The second-order valence-electron chi connectivity index (χ2n) is 9.17. The Kier molecular flexibility index (Phi) is 5.22. The van der Waals surface area contributed by atoms with Gasteiger partial charge in [0.15, 0.2) is 5.54 Å². The lowest BCUT2D eigenvalue weighted by Crippen LogP contribution is -2.62. The van der Waals surface area contributed by atoms with E-state index in [1.54, 1.807) is 0 Å². The first-order valence-corrected chi connectivity index (χ1v) is 10.8. The summed E-state index contributed by atoms with van der Waals surface area (Å²) in [5.41, 5.74) is 0.807. The lowest BCUT2D eigenvalue weighted by atomic mass is 9.76. The fourth-order valence-electron chi connectivity index (χ4n) is 5.78. The van der Waals surface area contributed by atoms with Crippen LogP contribution in [0, 0.1) is 25.7 Å². The summed E-state index contributed by atoms with van der Waals surface area (Å²) >= 11 is 0. The van der Waals surface area contributed by atoms with Crippen molar-refractivity contribution in [2.24, 2.45) is 11.8 Å². The maximum absolute atomic E-state index is 13.6. The van der Waals surface area contributed by atoms with Crippen LogP contribution in [0.25, 0.3) is 0 Å². The molecule has 3 aliphatic rings. The molecular formula is C23H30N2O5. The van der Waals surface area contributed by atoms with Crippen LogP contribution in [0.2, 0.25) is 0 Å². The molecule has 3 N–H and O–H groups in total. The Morgan fingerprint density at radius 3 is 2.43 bits per heavy atom. The normalized spacial score (nSPS) is 33.1. The van der Waals surface area contributed by atoms with E-state index in [9.17, 15) is 24.6 Å². The molecule has 1 aliphatic carbocycles. The predicted molar refractivity (Wildman–Crippen MR) is 110 cm³/mol. The van der Waals surface area contributed by atoms with Crippen molar-refractivity contribution in [2.75, 3.05) is 0 Å². The molecule has 3 fully saturated rings. The molecule has 2 heterocycles. The van der Waals surface area contributed by atoms with Crippen LogP contribution >= 0.6 is 0 Å². The summed E-state index contributed by atoms with van der Waals surface area (Å²) in [5.74, 6) is -4.04. The average molecular weight is 415 g/mol. The zero-order chi connectivity index (χ0) is 21.8. The average Bonchev–Trinajstić information content (AvgIpc) is 3.19. The van der Waals surface area contributed by atoms with Gasteiger partial charge in [-0.3, -0.25) is 24.6 Å². The third kappa shape index (κ3) is 2.90. The number of carboxylic acid groups (broad SMARTS) is 1. The van der Waals surface area contributed by atoms with Crippen LogP contribution in [-0.4, -0.2) is 50.6 Å². The Bertz CT molecular complexity index is 892. The maximum atomic E-state index is 13.6. The molecule has 4 rings (SSSR count). The van der Waals surface area contributed by atoms with E-state index in [-0.39, 0.29) is 11.9 Å². The van der Waals surface area contributed by atoms with Crippen molar-refractivity contribution in [3.05, 3.63) is 34.9 Å². The molecule has 7 nitrogen and oxygen atoms in total. The number of carbonyl (C=O) groups is 3. The van der Waals surface area contributed by atoms with Crippen molar-refractivity contribution in [3.8, 4) is 0 Å². The van der Waals surface area contributed by atoms with Gasteiger partial charge < -0.3 is 10.2 Å². The molecule has 2 saturated heterocycles. The van der Waals surface area contributed by atoms with E-state index < -0.39 is 41.4 Å². The van der Waals surface area contributed by atoms with Crippen molar-refractivity contribution in [3.63, 3.8) is 0 Å². The molecule has 162 valence electrons. The highest BCUT2D eigenvalue weighted by molar-refractivity contribution is 6.10. The van der Waals surface area contributed by atoms with Gasteiger partial charge in [-0.25, -0.2) is 0 Å². The van der Waals surface area contributed by atoms with Crippen molar-refractivity contribution in [1.82, 2.24) is 10.2 Å². The largest absolute Gasteiger partial charge is 0.480 e. The quantitative estimate of drug-likeness (QED) is 0.652. The van der Waals surface area contributed by atoms with Crippen molar-refractivity contribution < 1.29 is 24.6 Å². The van der Waals surface area contributed by atoms with Gasteiger partial charge in [0.05, 0.1) is 17.9 Å². The van der Waals surface area contributed by atoms with Gasteiger partial charge in [0, 0.05) is 12.1 Å². The number of amides is 2. The van der Waals surface area contributed by atoms with E-state index in [0.717, 1.165) is 48.8 Å². The molecule has 0 aromatic heterocycles. The highest BCUT2D eigenvalue weighted by atomic mass is 16.4. The Labute approximate surface area is 176 Å². The van der Waals surface area contributed by atoms with E-state index >= 15 is 0 Å². The van der Waals surface area contributed by atoms with Gasteiger partial charge in [0.1, 0.15) is 0 Å². The second-order valence-corrected chi connectivity index (χ2v) is 9.17. The summed E-state index contributed by atoms with van der Waals surface area (Å²) in [6.45, 7) is 5.23. The number of rotatable bonds is 4. The summed E-state index contributed by atoms with van der Waals surface area (Å²) < 4.78 is 0. The second kappa shape index (κ2) is 7.46. The number of fused-ring (bicyclic) bond motifs is 1. The zero-order valence-electron chi connectivity index (χ0n) is 17.7. The number of aliphatic hydroxyl groups is 1. The van der Waals surface area contributed by atoms with Crippen LogP contribution in [-0.2, 0) is 14.4 Å². The number of aryl methyl sites for hydroxylation is 2. The van der Waals surface area contributed by atoms with Crippen molar-refractivity contribution >= 4 is 17.8 Å². The number of likely N-dealkylation sites (tertiary alicyclic amines) is 1. The first-order chi connectivity index (χ1) is 14.2. The summed E-state index contributed by atoms with van der Waals surface area (Å²) in [5, 5.41) is 23.8. The van der Waals surface area contributed by atoms with Crippen LogP contribution in [0.15, 0.2) is 18.2 Å². The fourth-order valence-corrected chi connectivity index (χ4v) is 5.78. The minimum absolute atomic E-state index is 0.177. The van der Waals surface area contributed by atoms with Gasteiger partial charge in [-0.05, 0) is 44.7 Å². The number of carboxylic acids is 1. The van der Waals surface area contributed by atoms with E-state index in [2.05, 4.69) is 5.32 Å². The lowest BCUT2D eigenvalue weighted by molar-refractivity contribution is -0.157. The predicted octanol–water partition coefficient (Wildman–Crippen LogP) is 2.09. The maximum Gasteiger partial charge on any atom is 0.327 e. The molecule has 0 bridgehead atoms. The minimum Gasteiger partial charge on any atom is -0.480 e. The van der Waals surface area contributed by atoms with Gasteiger partial charge in [-0.15, -0.1) is 0 Å². The van der Waals surface area contributed by atoms with Gasteiger partial charge in [-0.1, -0.05) is 43.0 Å². The number of imide groups is 1. The molecule has 1 aromatic rings. The standard InChI is InChI=1S/C23H30N2O5/c1-12-9-10-13(2)16(11-12)19-17-18(23(24-19,14(3)26)22(29)30)21(28)25(20(17)27)15-7-5-4-6-8-15/h9-11,14-15,17-19,24,26H,4-8H2,1-3H3,(H,29,30). The molecule has 1 aromatic carbocycles. The first kappa shape index (κ1) is 21.0. The van der Waals surface area contributed by atoms with Gasteiger partial charge >= 0.3 is 5.97 Å². The number of nitrogens with one attached hydrogen (secondary N) is 1. The van der Waals surface area contributed by atoms with Gasteiger partial charge in [-0.2, -0.15) is 0 Å². The number of carbonyl (C=O) groups excluding carboxylic acids is 2. The summed E-state index contributed by atoms with van der Waals surface area (Å²) in [7, 11) is 0. The number of aliphatic carboxylic acids is 1. The summed E-state index contributed by atoms with van der Waals surface area (Å²) in [6.07, 6.45) is 3.16. The van der Waals surface area contributed by atoms with Crippen molar-refractivity contribution in [2.45, 2.75) is 76.6 Å². The molecule has 5 unspecified atom stereocenters. The zero-order valence-corrected chi connectivity index (χ0v) is 17.7. The monoisotopic (exact) mass is 414 g/mol. The number of nitrogens with zero attached hydrogens (tertiary/aromatic N) is 1. The van der Waals surface area contributed by atoms with E-state index in [4.69, 9.17) is 0 Å². The Morgan fingerprint density at radius 1 is 1.17 bits per heavy atom. The topological polar surface area (TPSA) is 107 Å². The molecule has 2 amide bonds. The summed E-state index contributed by atoms with van der Waals surface area (Å²) in [4.78, 5) is 40.9. The molecule has 7 heteroatoms. The van der Waals surface area contributed by atoms with E-state index in [1.807, 2.05) is 32.0 Å². The molecule has 2 aliphatic heterocycles. The van der Waals surface area contributed by atoms with Crippen LogP contribution in [0.4, 0.5) is 0 Å². The third-order valence-electron chi connectivity index (χ3n) is 7.35. The Hall–Kier alpha value is -2.25. The van der Waals surface area contributed by atoms with Crippen LogP contribution in [0.3, 0.4) is 0 Å². The molecular weight excluding hydrogens is 384 g/mol. The Morgan fingerprint density at radius 2 is 1.83 bits per heavy atom. The molecule has 1 saturated carbocycles. The van der Waals surface area contributed by atoms with E-state index in [1.165, 1.54) is 11.8 Å². The highest BCUT2D eigenvalue weighted by Crippen LogP contribution is 2.51. The van der Waals surface area contributed by atoms with E-state index in [0.29, 0.717) is 0 Å².